The molecule has 1 saturated heterocycles. The van der Waals surface area contributed by atoms with Gasteiger partial charge >= 0.3 is 0 Å². The van der Waals surface area contributed by atoms with Gasteiger partial charge in [0.15, 0.2) is 4.91 Å². The van der Waals surface area contributed by atoms with Crippen LogP contribution in [-0.2, 0) is 19.4 Å². The van der Waals surface area contributed by atoms with E-state index in [1.54, 1.807) is 23.1 Å². The molecule has 0 spiro atoms. The van der Waals surface area contributed by atoms with E-state index in [1.165, 1.54) is 25.4 Å². The van der Waals surface area contributed by atoms with E-state index in [2.05, 4.69) is 5.32 Å². The number of carbonyl (C=O) groups excluding carboxylic acids is 1. The van der Waals surface area contributed by atoms with Crippen molar-refractivity contribution in [3.05, 3.63) is 41.4 Å². The maximum absolute atomic E-state index is 12.6. The maximum atomic E-state index is 12.6. The fourth-order valence-electron chi connectivity index (χ4n) is 1.97. The molecule has 1 N–H and O–H groups in total. The van der Waals surface area contributed by atoms with Gasteiger partial charge in [-0.15, -0.1) is 0 Å². The summed E-state index contributed by atoms with van der Waals surface area (Å²) in [7, 11) is -2.43. The maximum Gasteiger partial charge on any atom is 0.264 e. The molecule has 6 nitrogen and oxygen atoms in total. The second-order valence-electron chi connectivity index (χ2n) is 4.54. The van der Waals surface area contributed by atoms with E-state index in [0.717, 1.165) is 0 Å². The summed E-state index contributed by atoms with van der Waals surface area (Å²) >= 11 is 0. The summed E-state index contributed by atoms with van der Waals surface area (Å²) in [5.41, 5.74) is 0. The Morgan fingerprint density at radius 3 is 2.43 bits per heavy atom. The van der Waals surface area contributed by atoms with Gasteiger partial charge in [0.05, 0.1) is 18.1 Å². The molecule has 0 bridgehead atoms. The Hall–Kier alpha value is -1.86. The van der Waals surface area contributed by atoms with Crippen LogP contribution in [0.3, 0.4) is 0 Å². The first-order valence-electron chi connectivity index (χ1n) is 6.61. The molecular weight excluding hydrogens is 292 g/mol. The first-order chi connectivity index (χ1) is 10.1. The molecule has 21 heavy (non-hydrogen) atoms. The Morgan fingerprint density at radius 1 is 1.24 bits per heavy atom. The van der Waals surface area contributed by atoms with Crippen molar-refractivity contribution in [2.45, 2.75) is 4.90 Å². The number of benzene rings is 1. The van der Waals surface area contributed by atoms with Gasteiger partial charge in [0.25, 0.3) is 5.91 Å². The normalized spacial score (nSPS) is 16.6. The number of amides is 1. The fourth-order valence-corrected chi connectivity index (χ4v) is 3.38. The fraction of sp³-hybridized carbons (Fsp3) is 0.357. The van der Waals surface area contributed by atoms with Crippen LogP contribution in [-0.4, -0.2) is 52.6 Å². The zero-order chi connectivity index (χ0) is 15.3. The number of morpholine rings is 1. The zero-order valence-electron chi connectivity index (χ0n) is 11.8. The van der Waals surface area contributed by atoms with Gasteiger partial charge in [-0.25, -0.2) is 8.42 Å². The average molecular weight is 310 g/mol. The molecule has 1 amide bonds. The number of nitrogens with one attached hydrogen (secondary N) is 1. The van der Waals surface area contributed by atoms with E-state index >= 15 is 0 Å². The summed E-state index contributed by atoms with van der Waals surface area (Å²) in [4.78, 5) is 13.6. The number of likely N-dealkylation sites (N-methyl/N-ethyl adjacent to an activating group) is 1. The molecular formula is C14H18N2O4S. The second kappa shape index (κ2) is 6.73. The van der Waals surface area contributed by atoms with E-state index in [1.807, 2.05) is 0 Å². The molecule has 1 fully saturated rings. The Morgan fingerprint density at radius 2 is 1.86 bits per heavy atom. The van der Waals surface area contributed by atoms with Crippen LogP contribution in [0.15, 0.2) is 46.3 Å². The van der Waals surface area contributed by atoms with Crippen molar-refractivity contribution in [2.75, 3.05) is 33.4 Å². The summed E-state index contributed by atoms with van der Waals surface area (Å²) in [5, 5.41) is 2.39. The van der Waals surface area contributed by atoms with Crippen LogP contribution < -0.4 is 5.32 Å². The summed E-state index contributed by atoms with van der Waals surface area (Å²) in [6, 6.07) is 7.94. The smallest absolute Gasteiger partial charge is 0.264 e. The molecule has 2 rings (SSSR count). The minimum atomic E-state index is -3.85. The molecule has 1 heterocycles. The third-order valence-electron chi connectivity index (χ3n) is 3.14. The van der Waals surface area contributed by atoms with Gasteiger partial charge in [-0.05, 0) is 12.1 Å². The molecule has 0 saturated carbocycles. The van der Waals surface area contributed by atoms with E-state index in [-0.39, 0.29) is 9.80 Å². The number of ether oxygens (including phenoxy) is 1. The Kier molecular flexibility index (Phi) is 4.98. The third-order valence-corrected chi connectivity index (χ3v) is 4.90. The quantitative estimate of drug-likeness (QED) is 0.814. The van der Waals surface area contributed by atoms with Crippen LogP contribution in [0.4, 0.5) is 0 Å². The van der Waals surface area contributed by atoms with Crippen LogP contribution >= 0.6 is 0 Å². The molecule has 0 atom stereocenters. The largest absolute Gasteiger partial charge is 0.378 e. The van der Waals surface area contributed by atoms with Crippen molar-refractivity contribution in [1.29, 1.82) is 0 Å². The molecule has 0 aromatic heterocycles. The minimum absolute atomic E-state index is 0.105. The Labute approximate surface area is 124 Å². The number of hydrogen-bond acceptors (Lipinski definition) is 5. The molecule has 1 aromatic rings. The van der Waals surface area contributed by atoms with Crippen molar-refractivity contribution >= 4 is 15.7 Å². The van der Waals surface area contributed by atoms with E-state index in [4.69, 9.17) is 4.74 Å². The predicted octanol–water partition coefficient (Wildman–Crippen LogP) is 0.380. The second-order valence-corrected chi connectivity index (χ2v) is 6.46. The first-order valence-corrected chi connectivity index (χ1v) is 8.10. The lowest BCUT2D eigenvalue weighted by Crippen LogP contribution is -2.35. The molecule has 1 aliphatic heterocycles. The highest BCUT2D eigenvalue weighted by Crippen LogP contribution is 2.20. The number of rotatable bonds is 4. The molecule has 114 valence electrons. The monoisotopic (exact) mass is 310 g/mol. The van der Waals surface area contributed by atoms with Crippen LogP contribution in [0.2, 0.25) is 0 Å². The Balaban J connectivity index is 2.40. The predicted molar refractivity (Wildman–Crippen MR) is 78.2 cm³/mol. The van der Waals surface area contributed by atoms with Crippen molar-refractivity contribution in [1.82, 2.24) is 10.2 Å². The lowest BCUT2D eigenvalue weighted by Gasteiger charge is -2.26. The summed E-state index contributed by atoms with van der Waals surface area (Å²) in [5.74, 6) is -0.620. The van der Waals surface area contributed by atoms with Gasteiger partial charge in [0.2, 0.25) is 9.84 Å². The van der Waals surface area contributed by atoms with E-state index in [0.29, 0.717) is 26.3 Å². The topological polar surface area (TPSA) is 75.7 Å². The van der Waals surface area contributed by atoms with Crippen molar-refractivity contribution in [3.63, 3.8) is 0 Å². The summed E-state index contributed by atoms with van der Waals surface area (Å²) in [6.45, 7) is 2.15. The first kappa shape index (κ1) is 15.5. The molecule has 7 heteroatoms. The Bertz CT molecular complexity index is 620. The van der Waals surface area contributed by atoms with Crippen LogP contribution in [0.5, 0.6) is 0 Å². The number of carbonyl (C=O) groups is 1. The minimum Gasteiger partial charge on any atom is -0.378 e. The van der Waals surface area contributed by atoms with Gasteiger partial charge in [0.1, 0.15) is 0 Å². The van der Waals surface area contributed by atoms with Gasteiger partial charge < -0.3 is 15.0 Å². The van der Waals surface area contributed by atoms with Crippen molar-refractivity contribution < 1.29 is 17.9 Å². The molecule has 0 aliphatic carbocycles. The zero-order valence-corrected chi connectivity index (χ0v) is 12.6. The van der Waals surface area contributed by atoms with Gasteiger partial charge in [-0.3, -0.25) is 4.79 Å². The SMILES string of the molecule is CNC(=O)/C(=C\N1CCOCC1)S(=O)(=O)c1ccccc1. The number of hydrogen-bond donors (Lipinski definition) is 1. The van der Waals surface area contributed by atoms with E-state index < -0.39 is 15.7 Å². The average Bonchev–Trinajstić information content (AvgIpc) is 2.53. The third kappa shape index (κ3) is 3.62. The summed E-state index contributed by atoms with van der Waals surface area (Å²) < 4.78 is 30.5. The lowest BCUT2D eigenvalue weighted by molar-refractivity contribution is -0.116. The summed E-state index contributed by atoms with van der Waals surface area (Å²) in [6.07, 6.45) is 1.41. The lowest BCUT2D eigenvalue weighted by atomic mass is 10.4. The highest BCUT2D eigenvalue weighted by Gasteiger charge is 2.27. The van der Waals surface area contributed by atoms with E-state index in [9.17, 15) is 13.2 Å². The van der Waals surface area contributed by atoms with Gasteiger partial charge in [0, 0.05) is 26.3 Å². The standard InChI is InChI=1S/C14H18N2O4S/c1-15-14(17)13(11-16-7-9-20-10-8-16)21(18,19)12-5-3-2-4-6-12/h2-6,11H,7-10H2,1H3,(H,15,17)/b13-11+. The molecule has 0 unspecified atom stereocenters. The van der Waals surface area contributed by atoms with Crippen molar-refractivity contribution in [2.24, 2.45) is 0 Å². The molecule has 1 aliphatic rings. The number of sulfone groups is 1. The van der Waals surface area contributed by atoms with Gasteiger partial charge in [-0.1, -0.05) is 18.2 Å². The van der Waals surface area contributed by atoms with Crippen LogP contribution in [0.1, 0.15) is 0 Å². The van der Waals surface area contributed by atoms with Crippen LogP contribution in [0, 0.1) is 0 Å². The molecule has 0 radical (unpaired) electrons. The van der Waals surface area contributed by atoms with Crippen molar-refractivity contribution in [3.8, 4) is 0 Å². The van der Waals surface area contributed by atoms with Crippen LogP contribution in [0.25, 0.3) is 0 Å². The molecule has 1 aromatic carbocycles. The highest BCUT2D eigenvalue weighted by molar-refractivity contribution is 7.96. The van der Waals surface area contributed by atoms with Gasteiger partial charge in [-0.2, -0.15) is 0 Å². The number of nitrogens with zero attached hydrogens (tertiary/aromatic N) is 1. The highest BCUT2D eigenvalue weighted by atomic mass is 32.2.